The molecule has 3 nitrogen and oxygen atoms in total. The lowest BCUT2D eigenvalue weighted by Gasteiger charge is -2.14. The molecule has 4 heteroatoms. The second-order valence-electron chi connectivity index (χ2n) is 2.89. The Bertz CT molecular complexity index is 315. The van der Waals surface area contributed by atoms with E-state index in [9.17, 15) is 5.11 Å². The lowest BCUT2D eigenvalue weighted by Crippen LogP contribution is -2.16. The van der Waals surface area contributed by atoms with Gasteiger partial charge in [-0.15, -0.1) is 0 Å². The number of phenolic OH excluding ortho intramolecular Hbond substituents is 1. The minimum Gasteiger partial charge on any atom is -0.508 e. The number of hydrogen-bond acceptors (Lipinski definition) is 3. The maximum atomic E-state index is 9.51. The first-order valence-corrected chi connectivity index (χ1v) is 4.71. The number of nitrogens with two attached hydrogens (primary N) is 1. The van der Waals surface area contributed by atoms with Crippen molar-refractivity contribution in [3.8, 4) is 5.75 Å². The Morgan fingerprint density at radius 1 is 1.54 bits per heavy atom. The van der Waals surface area contributed by atoms with Gasteiger partial charge in [-0.2, -0.15) is 0 Å². The molecule has 13 heavy (non-hydrogen) atoms. The third kappa shape index (κ3) is 2.02. The zero-order chi connectivity index (χ0) is 10.0. The standard InChI is InChI=1S/C9H12BrNO2/c1-5-6(10)2-3-8(13)9(5)7(11)4-12/h2-3,7,12-13H,4,11H2,1H3. The van der Waals surface area contributed by atoms with Gasteiger partial charge in [-0.05, 0) is 24.6 Å². The van der Waals surface area contributed by atoms with Crippen LogP contribution in [0.1, 0.15) is 17.2 Å². The third-order valence-corrected chi connectivity index (χ3v) is 2.85. The first-order chi connectivity index (χ1) is 6.07. The Hall–Kier alpha value is -0.580. The summed E-state index contributed by atoms with van der Waals surface area (Å²) in [7, 11) is 0. The van der Waals surface area contributed by atoms with E-state index in [-0.39, 0.29) is 12.4 Å². The average molecular weight is 246 g/mol. The topological polar surface area (TPSA) is 66.5 Å². The fourth-order valence-corrected chi connectivity index (χ4v) is 1.59. The van der Waals surface area contributed by atoms with E-state index in [4.69, 9.17) is 10.8 Å². The summed E-state index contributed by atoms with van der Waals surface area (Å²) in [6.07, 6.45) is 0. The van der Waals surface area contributed by atoms with Crippen molar-refractivity contribution in [2.24, 2.45) is 5.73 Å². The SMILES string of the molecule is Cc1c(Br)ccc(O)c1C(N)CO. The van der Waals surface area contributed by atoms with E-state index in [0.717, 1.165) is 10.0 Å². The molecule has 4 N–H and O–H groups in total. The van der Waals surface area contributed by atoms with Crippen LogP contribution < -0.4 is 5.73 Å². The summed E-state index contributed by atoms with van der Waals surface area (Å²) in [6, 6.07) is 2.78. The summed E-state index contributed by atoms with van der Waals surface area (Å²) in [5, 5.41) is 18.4. The molecule has 0 radical (unpaired) electrons. The molecule has 1 atom stereocenters. The first-order valence-electron chi connectivity index (χ1n) is 3.92. The van der Waals surface area contributed by atoms with Crippen molar-refractivity contribution in [3.63, 3.8) is 0 Å². The fourth-order valence-electron chi connectivity index (χ4n) is 1.25. The number of rotatable bonds is 2. The normalized spacial score (nSPS) is 12.9. The molecule has 0 aliphatic heterocycles. The predicted octanol–water partition coefficient (Wildman–Crippen LogP) is 1.46. The lowest BCUT2D eigenvalue weighted by molar-refractivity contribution is 0.265. The van der Waals surface area contributed by atoms with Gasteiger partial charge >= 0.3 is 0 Å². The maximum absolute atomic E-state index is 9.51. The number of aliphatic hydroxyl groups excluding tert-OH is 1. The van der Waals surface area contributed by atoms with Crippen molar-refractivity contribution >= 4 is 15.9 Å². The number of halogens is 1. The maximum Gasteiger partial charge on any atom is 0.120 e. The minimum absolute atomic E-state index is 0.127. The highest BCUT2D eigenvalue weighted by Crippen LogP contribution is 2.31. The van der Waals surface area contributed by atoms with Crippen LogP contribution >= 0.6 is 15.9 Å². The van der Waals surface area contributed by atoms with Crippen LogP contribution in [0.2, 0.25) is 0 Å². The second kappa shape index (κ2) is 4.09. The third-order valence-electron chi connectivity index (χ3n) is 1.99. The number of phenols is 1. The number of aliphatic hydroxyl groups is 1. The van der Waals surface area contributed by atoms with Gasteiger partial charge in [0, 0.05) is 10.0 Å². The monoisotopic (exact) mass is 245 g/mol. The van der Waals surface area contributed by atoms with Crippen LogP contribution in [0.3, 0.4) is 0 Å². The zero-order valence-electron chi connectivity index (χ0n) is 7.29. The molecular formula is C9H12BrNO2. The van der Waals surface area contributed by atoms with Crippen molar-refractivity contribution in [2.75, 3.05) is 6.61 Å². The summed E-state index contributed by atoms with van der Waals surface area (Å²) in [5.41, 5.74) is 7.09. The van der Waals surface area contributed by atoms with Crippen LogP contribution in [0.5, 0.6) is 5.75 Å². The van der Waals surface area contributed by atoms with Gasteiger partial charge in [0.05, 0.1) is 12.6 Å². The molecule has 0 spiro atoms. The van der Waals surface area contributed by atoms with Crippen LogP contribution in [0.4, 0.5) is 0 Å². The number of benzene rings is 1. The zero-order valence-corrected chi connectivity index (χ0v) is 8.87. The van der Waals surface area contributed by atoms with Crippen LogP contribution in [-0.2, 0) is 0 Å². The van der Waals surface area contributed by atoms with E-state index in [1.165, 1.54) is 0 Å². The molecule has 1 rings (SSSR count). The van der Waals surface area contributed by atoms with Gasteiger partial charge in [0.1, 0.15) is 5.75 Å². The van der Waals surface area contributed by atoms with E-state index in [1.807, 2.05) is 6.92 Å². The Balaban J connectivity index is 3.25. The van der Waals surface area contributed by atoms with Gasteiger partial charge in [-0.3, -0.25) is 0 Å². The van der Waals surface area contributed by atoms with Crippen molar-refractivity contribution in [3.05, 3.63) is 27.7 Å². The van der Waals surface area contributed by atoms with E-state index in [2.05, 4.69) is 15.9 Å². The highest BCUT2D eigenvalue weighted by Gasteiger charge is 2.14. The molecule has 1 unspecified atom stereocenters. The molecule has 0 saturated carbocycles. The van der Waals surface area contributed by atoms with Crippen LogP contribution in [-0.4, -0.2) is 16.8 Å². The molecule has 0 amide bonds. The molecule has 0 aromatic heterocycles. The van der Waals surface area contributed by atoms with Gasteiger partial charge in [-0.1, -0.05) is 15.9 Å². The van der Waals surface area contributed by atoms with Gasteiger partial charge in [0.15, 0.2) is 0 Å². The summed E-state index contributed by atoms with van der Waals surface area (Å²) >= 11 is 3.33. The van der Waals surface area contributed by atoms with Gasteiger partial charge in [-0.25, -0.2) is 0 Å². The number of aromatic hydroxyl groups is 1. The van der Waals surface area contributed by atoms with Crippen LogP contribution in [0.15, 0.2) is 16.6 Å². The van der Waals surface area contributed by atoms with Crippen LogP contribution in [0.25, 0.3) is 0 Å². The van der Waals surface area contributed by atoms with E-state index in [1.54, 1.807) is 12.1 Å². The summed E-state index contributed by atoms with van der Waals surface area (Å²) in [5.74, 6) is 0.127. The second-order valence-corrected chi connectivity index (χ2v) is 3.75. The number of hydrogen-bond donors (Lipinski definition) is 3. The van der Waals surface area contributed by atoms with Crippen molar-refractivity contribution in [1.82, 2.24) is 0 Å². The Morgan fingerprint density at radius 2 is 2.15 bits per heavy atom. The highest BCUT2D eigenvalue weighted by molar-refractivity contribution is 9.10. The average Bonchev–Trinajstić information content (AvgIpc) is 2.12. The molecule has 0 heterocycles. The van der Waals surface area contributed by atoms with Gasteiger partial charge < -0.3 is 15.9 Å². The highest BCUT2D eigenvalue weighted by atomic mass is 79.9. The Kier molecular flexibility index (Phi) is 3.30. The van der Waals surface area contributed by atoms with E-state index in [0.29, 0.717) is 5.56 Å². The summed E-state index contributed by atoms with van der Waals surface area (Å²) in [6.45, 7) is 1.67. The molecule has 0 bridgehead atoms. The van der Waals surface area contributed by atoms with Crippen LogP contribution in [0, 0.1) is 6.92 Å². The molecule has 1 aromatic carbocycles. The molecule has 1 aromatic rings. The van der Waals surface area contributed by atoms with Crippen molar-refractivity contribution in [1.29, 1.82) is 0 Å². The molecular weight excluding hydrogens is 234 g/mol. The van der Waals surface area contributed by atoms with E-state index < -0.39 is 6.04 Å². The first kappa shape index (κ1) is 10.5. The summed E-state index contributed by atoms with van der Waals surface area (Å²) < 4.78 is 0.879. The molecule has 0 fully saturated rings. The predicted molar refractivity (Wildman–Crippen MR) is 54.6 cm³/mol. The van der Waals surface area contributed by atoms with Crippen molar-refractivity contribution < 1.29 is 10.2 Å². The smallest absolute Gasteiger partial charge is 0.120 e. The summed E-state index contributed by atoms with van der Waals surface area (Å²) in [4.78, 5) is 0. The quantitative estimate of drug-likeness (QED) is 0.739. The van der Waals surface area contributed by atoms with Crippen molar-refractivity contribution in [2.45, 2.75) is 13.0 Å². The molecule has 0 aliphatic rings. The Morgan fingerprint density at radius 3 is 2.69 bits per heavy atom. The molecule has 0 saturated heterocycles. The largest absolute Gasteiger partial charge is 0.508 e. The lowest BCUT2D eigenvalue weighted by atomic mass is 10.0. The fraction of sp³-hybridized carbons (Fsp3) is 0.333. The molecule has 0 aliphatic carbocycles. The minimum atomic E-state index is -0.530. The van der Waals surface area contributed by atoms with E-state index >= 15 is 0 Å². The molecule has 72 valence electrons. The Labute approximate surface area is 85.3 Å². The van der Waals surface area contributed by atoms with Gasteiger partial charge in [0.25, 0.3) is 0 Å². The van der Waals surface area contributed by atoms with Gasteiger partial charge in [0.2, 0.25) is 0 Å².